The van der Waals surface area contributed by atoms with Gasteiger partial charge in [-0.15, -0.1) is 0 Å². The van der Waals surface area contributed by atoms with Crippen LogP contribution in [0, 0.1) is 14.9 Å². The molecule has 0 aliphatic carbocycles. The molecule has 0 fully saturated rings. The Kier molecular flexibility index (Phi) is 4.02. The summed E-state index contributed by atoms with van der Waals surface area (Å²) in [5.41, 5.74) is 2.42. The molecule has 4 heteroatoms. The first-order chi connectivity index (χ1) is 8.20. The Balaban J connectivity index is 2.32. The lowest BCUT2D eigenvalue weighted by Crippen LogP contribution is -1.93. The van der Waals surface area contributed by atoms with Gasteiger partial charge in [0.2, 0.25) is 0 Å². The summed E-state index contributed by atoms with van der Waals surface area (Å²) < 4.78 is 2.19. The molecule has 0 amide bonds. The van der Waals surface area contributed by atoms with E-state index in [4.69, 9.17) is 5.26 Å². The standard InChI is InChI=1S/C13H8BrIN2/c14-11-7-10(5-6-12(11)15)17-13-4-2-1-3-9(13)8-16/h1-7,17H. The van der Waals surface area contributed by atoms with E-state index in [1.807, 2.05) is 36.4 Å². The van der Waals surface area contributed by atoms with Crippen molar-refractivity contribution in [1.82, 2.24) is 0 Å². The number of hydrogen-bond acceptors (Lipinski definition) is 2. The average Bonchev–Trinajstić information content (AvgIpc) is 2.34. The van der Waals surface area contributed by atoms with Crippen molar-refractivity contribution in [2.45, 2.75) is 0 Å². The lowest BCUT2D eigenvalue weighted by Gasteiger charge is -2.08. The maximum atomic E-state index is 8.99. The number of nitrogens with one attached hydrogen (secondary N) is 1. The van der Waals surface area contributed by atoms with Gasteiger partial charge < -0.3 is 5.32 Å². The van der Waals surface area contributed by atoms with Crippen LogP contribution in [0.2, 0.25) is 0 Å². The van der Waals surface area contributed by atoms with E-state index >= 15 is 0 Å². The second-order valence-corrected chi connectivity index (χ2v) is 5.43. The largest absolute Gasteiger partial charge is 0.354 e. The zero-order valence-electron chi connectivity index (χ0n) is 8.74. The minimum Gasteiger partial charge on any atom is -0.354 e. The Morgan fingerprint density at radius 2 is 1.94 bits per heavy atom. The van der Waals surface area contributed by atoms with Crippen LogP contribution in [0.4, 0.5) is 11.4 Å². The quantitative estimate of drug-likeness (QED) is 0.746. The van der Waals surface area contributed by atoms with Gasteiger partial charge in [0.05, 0.1) is 11.3 Å². The molecule has 1 N–H and O–H groups in total. The lowest BCUT2D eigenvalue weighted by atomic mass is 10.2. The van der Waals surface area contributed by atoms with E-state index in [9.17, 15) is 0 Å². The minimum atomic E-state index is 0.641. The van der Waals surface area contributed by atoms with Crippen molar-refractivity contribution in [3.8, 4) is 6.07 Å². The monoisotopic (exact) mass is 398 g/mol. The molecule has 0 radical (unpaired) electrons. The average molecular weight is 399 g/mol. The van der Waals surface area contributed by atoms with E-state index < -0.39 is 0 Å². The van der Waals surface area contributed by atoms with Crippen LogP contribution in [0.1, 0.15) is 5.56 Å². The fourth-order valence-corrected chi connectivity index (χ4v) is 2.13. The number of anilines is 2. The first-order valence-electron chi connectivity index (χ1n) is 4.92. The highest BCUT2D eigenvalue weighted by Crippen LogP contribution is 2.26. The molecule has 0 aliphatic heterocycles. The summed E-state index contributed by atoms with van der Waals surface area (Å²) in [6.07, 6.45) is 0. The van der Waals surface area contributed by atoms with Crippen molar-refractivity contribution < 1.29 is 0 Å². The molecular formula is C13H8BrIN2. The predicted molar refractivity (Wildman–Crippen MR) is 81.3 cm³/mol. The lowest BCUT2D eigenvalue weighted by molar-refractivity contribution is 1.45. The van der Waals surface area contributed by atoms with Gasteiger partial charge >= 0.3 is 0 Å². The molecule has 0 bridgehead atoms. The van der Waals surface area contributed by atoms with Crippen LogP contribution >= 0.6 is 38.5 Å². The maximum Gasteiger partial charge on any atom is 0.101 e. The van der Waals surface area contributed by atoms with Crippen molar-refractivity contribution >= 4 is 49.9 Å². The van der Waals surface area contributed by atoms with Gasteiger partial charge in [0.25, 0.3) is 0 Å². The third-order valence-electron chi connectivity index (χ3n) is 2.25. The molecule has 0 aromatic heterocycles. The second kappa shape index (κ2) is 5.52. The summed E-state index contributed by atoms with van der Waals surface area (Å²) in [4.78, 5) is 0. The third-order valence-corrected chi connectivity index (χ3v) is 4.58. The van der Waals surface area contributed by atoms with Crippen LogP contribution in [0.5, 0.6) is 0 Å². The molecule has 0 heterocycles. The molecule has 2 aromatic rings. The zero-order valence-corrected chi connectivity index (χ0v) is 12.5. The van der Waals surface area contributed by atoms with Gasteiger partial charge in [-0.3, -0.25) is 0 Å². The van der Waals surface area contributed by atoms with Crippen molar-refractivity contribution in [2.75, 3.05) is 5.32 Å². The number of nitriles is 1. The van der Waals surface area contributed by atoms with Gasteiger partial charge in [0.1, 0.15) is 6.07 Å². The highest BCUT2D eigenvalue weighted by molar-refractivity contribution is 14.1. The Labute approximate surface area is 122 Å². The van der Waals surface area contributed by atoms with Gasteiger partial charge in [-0.2, -0.15) is 5.26 Å². The van der Waals surface area contributed by atoms with Crippen LogP contribution in [0.3, 0.4) is 0 Å². The normalized spacial score (nSPS) is 9.71. The number of nitrogens with zero attached hydrogens (tertiary/aromatic N) is 1. The van der Waals surface area contributed by atoms with Crippen molar-refractivity contribution in [2.24, 2.45) is 0 Å². The molecule has 17 heavy (non-hydrogen) atoms. The van der Waals surface area contributed by atoms with Gasteiger partial charge in [0, 0.05) is 13.7 Å². The second-order valence-electron chi connectivity index (χ2n) is 3.41. The molecule has 2 nitrogen and oxygen atoms in total. The van der Waals surface area contributed by atoms with Gasteiger partial charge in [0.15, 0.2) is 0 Å². The summed E-state index contributed by atoms with van der Waals surface area (Å²) in [6, 6.07) is 15.6. The Hall–Kier alpha value is -1.06. The van der Waals surface area contributed by atoms with Crippen molar-refractivity contribution in [3.63, 3.8) is 0 Å². The van der Waals surface area contributed by atoms with E-state index in [0.29, 0.717) is 5.56 Å². The Morgan fingerprint density at radius 3 is 2.65 bits per heavy atom. The zero-order chi connectivity index (χ0) is 12.3. The van der Waals surface area contributed by atoms with E-state index in [1.165, 1.54) is 0 Å². The van der Waals surface area contributed by atoms with E-state index in [1.54, 1.807) is 6.07 Å². The highest BCUT2D eigenvalue weighted by atomic mass is 127. The predicted octanol–water partition coefficient (Wildman–Crippen LogP) is 4.67. The molecule has 0 saturated carbocycles. The smallest absolute Gasteiger partial charge is 0.101 e. The van der Waals surface area contributed by atoms with Gasteiger partial charge in [-0.25, -0.2) is 0 Å². The summed E-state index contributed by atoms with van der Waals surface area (Å²) in [5, 5.41) is 12.2. The molecule has 0 spiro atoms. The van der Waals surface area contributed by atoms with E-state index in [-0.39, 0.29) is 0 Å². The molecule has 0 aliphatic rings. The minimum absolute atomic E-state index is 0.641. The Morgan fingerprint density at radius 1 is 1.18 bits per heavy atom. The number of para-hydroxylation sites is 1. The molecule has 0 atom stereocenters. The number of rotatable bonds is 2. The van der Waals surface area contributed by atoms with Crippen LogP contribution < -0.4 is 5.32 Å². The van der Waals surface area contributed by atoms with Crippen molar-refractivity contribution in [3.05, 3.63) is 56.1 Å². The van der Waals surface area contributed by atoms with Gasteiger partial charge in [-0.1, -0.05) is 12.1 Å². The number of halogens is 2. The summed E-state index contributed by atoms with van der Waals surface area (Å²) in [5.74, 6) is 0. The SMILES string of the molecule is N#Cc1ccccc1Nc1ccc(I)c(Br)c1. The first kappa shape index (κ1) is 12.4. The molecule has 84 valence electrons. The first-order valence-corrected chi connectivity index (χ1v) is 6.79. The molecule has 2 rings (SSSR count). The molecule has 2 aromatic carbocycles. The van der Waals surface area contributed by atoms with Crippen LogP contribution in [0.15, 0.2) is 46.9 Å². The van der Waals surface area contributed by atoms with Crippen LogP contribution in [-0.4, -0.2) is 0 Å². The third kappa shape index (κ3) is 2.99. The van der Waals surface area contributed by atoms with E-state index in [2.05, 4.69) is 49.9 Å². The molecule has 0 saturated heterocycles. The van der Waals surface area contributed by atoms with Crippen LogP contribution in [-0.2, 0) is 0 Å². The number of hydrogen-bond donors (Lipinski definition) is 1. The molecule has 0 unspecified atom stereocenters. The Bertz CT molecular complexity index is 590. The summed E-state index contributed by atoms with van der Waals surface area (Å²) >= 11 is 5.74. The van der Waals surface area contributed by atoms with Crippen molar-refractivity contribution in [1.29, 1.82) is 5.26 Å². The number of benzene rings is 2. The summed E-state index contributed by atoms with van der Waals surface area (Å²) in [6.45, 7) is 0. The van der Waals surface area contributed by atoms with E-state index in [0.717, 1.165) is 19.4 Å². The highest BCUT2D eigenvalue weighted by Gasteiger charge is 2.02. The molecular weight excluding hydrogens is 391 g/mol. The van der Waals surface area contributed by atoms with Gasteiger partial charge in [-0.05, 0) is 68.9 Å². The fourth-order valence-electron chi connectivity index (χ4n) is 1.42. The topological polar surface area (TPSA) is 35.8 Å². The maximum absolute atomic E-state index is 8.99. The van der Waals surface area contributed by atoms with Crippen LogP contribution in [0.25, 0.3) is 0 Å². The fraction of sp³-hybridized carbons (Fsp3) is 0. The summed E-state index contributed by atoms with van der Waals surface area (Å²) in [7, 11) is 0.